The van der Waals surface area contributed by atoms with E-state index < -0.39 is 10.0 Å². The molecular formula is C20H27NO3S. The standard InChI is InChI=1S/C20H27NO3S/c1-5-6-7-10-24-19-14-15(2)8-9-20(19)25(22,23)21-18-12-16(3)11-17(4)13-18/h8-9,11-14,21H,5-7,10H2,1-4H3. The molecule has 0 fully saturated rings. The number of aryl methyl sites for hydroxylation is 3. The highest BCUT2D eigenvalue weighted by Crippen LogP contribution is 2.28. The molecule has 0 bridgehead atoms. The number of hydrogen-bond donors (Lipinski definition) is 1. The smallest absolute Gasteiger partial charge is 0.265 e. The normalized spacial score (nSPS) is 11.4. The van der Waals surface area contributed by atoms with Crippen LogP contribution in [0.4, 0.5) is 5.69 Å². The number of unbranched alkanes of at least 4 members (excludes halogenated alkanes) is 2. The zero-order chi connectivity index (χ0) is 18.4. The van der Waals surface area contributed by atoms with Crippen molar-refractivity contribution >= 4 is 15.7 Å². The third kappa shape index (κ3) is 5.49. The van der Waals surface area contributed by atoms with Crippen molar-refractivity contribution < 1.29 is 13.2 Å². The van der Waals surface area contributed by atoms with Gasteiger partial charge in [0.05, 0.1) is 6.61 Å². The van der Waals surface area contributed by atoms with Crippen molar-refractivity contribution in [3.63, 3.8) is 0 Å². The van der Waals surface area contributed by atoms with Gasteiger partial charge in [0.25, 0.3) is 10.0 Å². The molecule has 2 aromatic rings. The van der Waals surface area contributed by atoms with E-state index in [0.717, 1.165) is 36.0 Å². The Hall–Kier alpha value is -2.01. The summed E-state index contributed by atoms with van der Waals surface area (Å²) < 4.78 is 34.2. The van der Waals surface area contributed by atoms with Gasteiger partial charge in [-0.3, -0.25) is 4.72 Å². The molecule has 2 rings (SSSR count). The van der Waals surface area contributed by atoms with E-state index in [1.54, 1.807) is 18.2 Å². The molecule has 0 heterocycles. The average molecular weight is 362 g/mol. The molecule has 0 aliphatic carbocycles. The third-order valence-corrected chi connectivity index (χ3v) is 5.29. The molecule has 0 aromatic heterocycles. The van der Waals surface area contributed by atoms with Crippen LogP contribution in [0.3, 0.4) is 0 Å². The second kappa shape index (κ2) is 8.39. The van der Waals surface area contributed by atoms with Crippen LogP contribution in [-0.4, -0.2) is 15.0 Å². The Balaban J connectivity index is 2.28. The zero-order valence-corrected chi connectivity index (χ0v) is 16.2. The van der Waals surface area contributed by atoms with E-state index in [0.29, 0.717) is 18.0 Å². The molecule has 0 aliphatic rings. The highest BCUT2D eigenvalue weighted by atomic mass is 32.2. The minimum absolute atomic E-state index is 0.175. The van der Waals surface area contributed by atoms with E-state index in [-0.39, 0.29) is 4.90 Å². The van der Waals surface area contributed by atoms with Crippen LogP contribution >= 0.6 is 0 Å². The van der Waals surface area contributed by atoms with Crippen molar-refractivity contribution in [3.05, 3.63) is 53.1 Å². The second-order valence-electron chi connectivity index (χ2n) is 6.49. The number of sulfonamides is 1. The van der Waals surface area contributed by atoms with Gasteiger partial charge < -0.3 is 4.74 Å². The van der Waals surface area contributed by atoms with Gasteiger partial charge in [0.15, 0.2) is 0 Å². The highest BCUT2D eigenvalue weighted by molar-refractivity contribution is 7.92. The van der Waals surface area contributed by atoms with Gasteiger partial charge in [-0.05, 0) is 68.1 Å². The molecular weight excluding hydrogens is 334 g/mol. The van der Waals surface area contributed by atoms with Crippen LogP contribution in [0.5, 0.6) is 5.75 Å². The summed E-state index contributed by atoms with van der Waals surface area (Å²) in [6.45, 7) is 8.45. The van der Waals surface area contributed by atoms with Crippen LogP contribution in [0.2, 0.25) is 0 Å². The Labute approximate surface area is 151 Å². The average Bonchev–Trinajstić information content (AvgIpc) is 2.50. The van der Waals surface area contributed by atoms with E-state index in [9.17, 15) is 8.42 Å². The lowest BCUT2D eigenvalue weighted by Crippen LogP contribution is -2.15. The maximum atomic E-state index is 12.9. The molecule has 0 radical (unpaired) electrons. The van der Waals surface area contributed by atoms with Crippen LogP contribution in [0.15, 0.2) is 41.3 Å². The summed E-state index contributed by atoms with van der Waals surface area (Å²) in [5, 5.41) is 0. The first-order chi connectivity index (χ1) is 11.8. The maximum Gasteiger partial charge on any atom is 0.265 e. The van der Waals surface area contributed by atoms with Gasteiger partial charge in [0.1, 0.15) is 10.6 Å². The highest BCUT2D eigenvalue weighted by Gasteiger charge is 2.20. The fraction of sp³-hybridized carbons (Fsp3) is 0.400. The Kier molecular flexibility index (Phi) is 6.48. The SMILES string of the molecule is CCCCCOc1cc(C)ccc1S(=O)(=O)Nc1cc(C)cc(C)c1. The first-order valence-corrected chi connectivity index (χ1v) is 10.1. The van der Waals surface area contributed by atoms with Gasteiger partial charge in [-0.25, -0.2) is 8.42 Å². The van der Waals surface area contributed by atoms with Crippen molar-refractivity contribution in [2.24, 2.45) is 0 Å². The Morgan fingerprint density at radius 2 is 1.60 bits per heavy atom. The van der Waals surface area contributed by atoms with Crippen LogP contribution in [0.1, 0.15) is 42.9 Å². The molecule has 2 aromatic carbocycles. The number of hydrogen-bond acceptors (Lipinski definition) is 3. The van der Waals surface area contributed by atoms with Crippen LogP contribution in [0.25, 0.3) is 0 Å². The topological polar surface area (TPSA) is 55.4 Å². The van der Waals surface area contributed by atoms with E-state index in [4.69, 9.17) is 4.74 Å². The summed E-state index contributed by atoms with van der Waals surface area (Å²) in [7, 11) is -3.71. The van der Waals surface area contributed by atoms with E-state index >= 15 is 0 Å². The zero-order valence-electron chi connectivity index (χ0n) is 15.4. The molecule has 0 unspecified atom stereocenters. The van der Waals surface area contributed by atoms with Crippen LogP contribution in [0, 0.1) is 20.8 Å². The van der Waals surface area contributed by atoms with Crippen molar-refractivity contribution in [3.8, 4) is 5.75 Å². The van der Waals surface area contributed by atoms with Crippen molar-refractivity contribution in [2.45, 2.75) is 51.9 Å². The van der Waals surface area contributed by atoms with Gasteiger partial charge in [0, 0.05) is 5.69 Å². The molecule has 0 saturated carbocycles. The summed E-state index contributed by atoms with van der Waals surface area (Å²) >= 11 is 0. The Morgan fingerprint density at radius 3 is 2.24 bits per heavy atom. The minimum atomic E-state index is -3.71. The molecule has 0 aliphatic heterocycles. The maximum absolute atomic E-state index is 12.9. The van der Waals surface area contributed by atoms with E-state index in [2.05, 4.69) is 11.6 Å². The Morgan fingerprint density at radius 1 is 0.920 bits per heavy atom. The van der Waals surface area contributed by atoms with Crippen molar-refractivity contribution in [1.29, 1.82) is 0 Å². The van der Waals surface area contributed by atoms with Gasteiger partial charge in [-0.2, -0.15) is 0 Å². The number of rotatable bonds is 8. The Bertz CT molecular complexity index is 809. The van der Waals surface area contributed by atoms with Gasteiger partial charge in [-0.1, -0.05) is 31.9 Å². The fourth-order valence-corrected chi connectivity index (χ4v) is 3.90. The molecule has 5 heteroatoms. The number of ether oxygens (including phenoxy) is 1. The first kappa shape index (κ1) is 19.3. The van der Waals surface area contributed by atoms with E-state index in [1.165, 1.54) is 0 Å². The summed E-state index contributed by atoms with van der Waals surface area (Å²) in [5.74, 6) is 0.410. The van der Waals surface area contributed by atoms with Gasteiger partial charge >= 0.3 is 0 Å². The summed E-state index contributed by atoms with van der Waals surface area (Å²) in [6.07, 6.45) is 3.07. The predicted molar refractivity (Wildman–Crippen MR) is 103 cm³/mol. The largest absolute Gasteiger partial charge is 0.492 e. The molecule has 25 heavy (non-hydrogen) atoms. The fourth-order valence-electron chi connectivity index (χ4n) is 2.73. The molecule has 0 saturated heterocycles. The second-order valence-corrected chi connectivity index (χ2v) is 8.14. The number of anilines is 1. The number of nitrogens with one attached hydrogen (secondary N) is 1. The monoisotopic (exact) mass is 361 g/mol. The molecule has 0 atom stereocenters. The van der Waals surface area contributed by atoms with Crippen LogP contribution < -0.4 is 9.46 Å². The first-order valence-electron chi connectivity index (χ1n) is 8.66. The summed E-state index contributed by atoms with van der Waals surface area (Å²) in [6, 6.07) is 10.8. The van der Waals surface area contributed by atoms with E-state index in [1.807, 2.05) is 39.0 Å². The molecule has 0 spiro atoms. The summed E-state index contributed by atoms with van der Waals surface area (Å²) in [4.78, 5) is 0.175. The predicted octanol–water partition coefficient (Wildman–Crippen LogP) is 4.98. The molecule has 136 valence electrons. The van der Waals surface area contributed by atoms with Crippen LogP contribution in [-0.2, 0) is 10.0 Å². The third-order valence-electron chi connectivity index (χ3n) is 3.87. The van der Waals surface area contributed by atoms with Crippen molar-refractivity contribution in [1.82, 2.24) is 0 Å². The minimum Gasteiger partial charge on any atom is -0.492 e. The van der Waals surface area contributed by atoms with Gasteiger partial charge in [0.2, 0.25) is 0 Å². The molecule has 4 nitrogen and oxygen atoms in total. The number of benzene rings is 2. The lowest BCUT2D eigenvalue weighted by molar-refractivity contribution is 0.298. The lowest BCUT2D eigenvalue weighted by atomic mass is 10.1. The van der Waals surface area contributed by atoms with Crippen molar-refractivity contribution in [2.75, 3.05) is 11.3 Å². The summed E-state index contributed by atoms with van der Waals surface area (Å²) in [5.41, 5.74) is 3.56. The lowest BCUT2D eigenvalue weighted by Gasteiger charge is -2.15. The quantitative estimate of drug-likeness (QED) is 0.675. The molecule has 1 N–H and O–H groups in total. The van der Waals surface area contributed by atoms with Gasteiger partial charge in [-0.15, -0.1) is 0 Å². The molecule has 0 amide bonds.